The van der Waals surface area contributed by atoms with Gasteiger partial charge in [-0.15, -0.1) is 0 Å². The van der Waals surface area contributed by atoms with Gasteiger partial charge in [0.25, 0.3) is 0 Å². The van der Waals surface area contributed by atoms with Crippen molar-refractivity contribution in [2.75, 3.05) is 55.4 Å². The van der Waals surface area contributed by atoms with Crippen molar-refractivity contribution >= 4 is 17.8 Å². The van der Waals surface area contributed by atoms with E-state index < -0.39 is 0 Å². The Morgan fingerprint density at radius 2 is 2.05 bits per heavy atom. The summed E-state index contributed by atoms with van der Waals surface area (Å²) < 4.78 is 5.31. The summed E-state index contributed by atoms with van der Waals surface area (Å²) >= 11 is 0. The summed E-state index contributed by atoms with van der Waals surface area (Å²) in [4.78, 5) is 16.7. The Morgan fingerprint density at radius 3 is 2.70 bits per heavy atom. The van der Waals surface area contributed by atoms with E-state index in [0.717, 1.165) is 13.1 Å². The zero-order valence-corrected chi connectivity index (χ0v) is 12.0. The number of hydrogen-bond acceptors (Lipinski definition) is 8. The first-order chi connectivity index (χ1) is 9.56. The highest BCUT2D eigenvalue weighted by atomic mass is 16.5. The molecule has 1 fully saturated rings. The standard InChI is InChI=1S/C12H22N6O2/c1-9(19)3-4-17(2)11-14-10(13)15-12(16-11)18-5-7-20-8-6-18/h9,19H,3-8H2,1-2H3,(H2,13,14,15,16). The number of anilines is 3. The molecule has 1 aliphatic rings. The van der Waals surface area contributed by atoms with Gasteiger partial charge >= 0.3 is 0 Å². The van der Waals surface area contributed by atoms with Crippen LogP contribution < -0.4 is 15.5 Å². The van der Waals surface area contributed by atoms with Gasteiger partial charge in [-0.25, -0.2) is 0 Å². The van der Waals surface area contributed by atoms with Crippen molar-refractivity contribution in [3.8, 4) is 0 Å². The van der Waals surface area contributed by atoms with Crippen LogP contribution in [0.2, 0.25) is 0 Å². The molecule has 1 saturated heterocycles. The third-order valence-corrected chi connectivity index (χ3v) is 3.15. The van der Waals surface area contributed by atoms with Gasteiger partial charge in [-0.3, -0.25) is 0 Å². The number of aliphatic hydroxyl groups excluding tert-OH is 1. The molecule has 0 aromatic carbocycles. The van der Waals surface area contributed by atoms with Crippen molar-refractivity contribution in [1.29, 1.82) is 0 Å². The molecule has 112 valence electrons. The molecule has 1 atom stereocenters. The molecule has 2 heterocycles. The lowest BCUT2D eigenvalue weighted by atomic mass is 10.3. The molecular formula is C12H22N6O2. The lowest BCUT2D eigenvalue weighted by Gasteiger charge is -2.27. The first kappa shape index (κ1) is 14.7. The van der Waals surface area contributed by atoms with E-state index in [4.69, 9.17) is 10.5 Å². The van der Waals surface area contributed by atoms with Crippen molar-refractivity contribution in [3.63, 3.8) is 0 Å². The fraction of sp³-hybridized carbons (Fsp3) is 0.750. The first-order valence-electron chi connectivity index (χ1n) is 6.79. The van der Waals surface area contributed by atoms with Crippen LogP contribution in [0.5, 0.6) is 0 Å². The Kier molecular flexibility index (Phi) is 4.91. The van der Waals surface area contributed by atoms with Crippen molar-refractivity contribution in [3.05, 3.63) is 0 Å². The van der Waals surface area contributed by atoms with E-state index >= 15 is 0 Å². The van der Waals surface area contributed by atoms with Crippen molar-refractivity contribution in [1.82, 2.24) is 15.0 Å². The second-order valence-corrected chi connectivity index (χ2v) is 4.95. The fourth-order valence-corrected chi connectivity index (χ4v) is 1.93. The Hall–Kier alpha value is -1.67. The largest absolute Gasteiger partial charge is 0.393 e. The third-order valence-electron chi connectivity index (χ3n) is 3.15. The highest BCUT2D eigenvalue weighted by Crippen LogP contribution is 2.15. The normalized spacial score (nSPS) is 17.1. The lowest BCUT2D eigenvalue weighted by molar-refractivity contribution is 0.122. The van der Waals surface area contributed by atoms with E-state index in [1.807, 2.05) is 16.8 Å². The maximum atomic E-state index is 9.33. The molecule has 0 radical (unpaired) electrons. The monoisotopic (exact) mass is 282 g/mol. The maximum Gasteiger partial charge on any atom is 0.232 e. The van der Waals surface area contributed by atoms with Crippen molar-refractivity contribution < 1.29 is 9.84 Å². The number of nitrogens with two attached hydrogens (primary N) is 1. The quantitative estimate of drug-likeness (QED) is 0.745. The zero-order valence-electron chi connectivity index (χ0n) is 12.0. The summed E-state index contributed by atoms with van der Waals surface area (Å²) in [5, 5.41) is 9.33. The zero-order chi connectivity index (χ0) is 14.5. The average Bonchev–Trinajstić information content (AvgIpc) is 2.45. The van der Waals surface area contributed by atoms with E-state index in [1.54, 1.807) is 6.92 Å². The van der Waals surface area contributed by atoms with E-state index in [9.17, 15) is 5.11 Å². The van der Waals surface area contributed by atoms with E-state index in [-0.39, 0.29) is 12.1 Å². The molecule has 0 bridgehead atoms. The minimum absolute atomic E-state index is 0.209. The molecule has 2 rings (SSSR count). The van der Waals surface area contributed by atoms with Crippen molar-refractivity contribution in [2.45, 2.75) is 19.4 Å². The molecule has 1 aliphatic heterocycles. The summed E-state index contributed by atoms with van der Waals surface area (Å²) in [6.45, 7) is 5.25. The Bertz CT molecular complexity index is 436. The van der Waals surface area contributed by atoms with E-state index in [1.165, 1.54) is 0 Å². The van der Waals surface area contributed by atoms with Crippen LogP contribution in [0.25, 0.3) is 0 Å². The summed E-state index contributed by atoms with van der Waals surface area (Å²) in [5.74, 6) is 1.32. The van der Waals surface area contributed by atoms with Crippen LogP contribution in [0.4, 0.5) is 17.8 Å². The van der Waals surface area contributed by atoms with Crippen LogP contribution in [0.15, 0.2) is 0 Å². The SMILES string of the molecule is CC(O)CCN(C)c1nc(N)nc(N2CCOCC2)n1. The van der Waals surface area contributed by atoms with Crippen LogP contribution in [0.3, 0.4) is 0 Å². The van der Waals surface area contributed by atoms with Gasteiger partial charge < -0.3 is 25.4 Å². The van der Waals surface area contributed by atoms with Gasteiger partial charge in [0.05, 0.1) is 19.3 Å². The molecule has 20 heavy (non-hydrogen) atoms. The number of hydrogen-bond donors (Lipinski definition) is 2. The Balaban J connectivity index is 2.10. The predicted molar refractivity (Wildman–Crippen MR) is 76.8 cm³/mol. The van der Waals surface area contributed by atoms with Gasteiger partial charge in [0.15, 0.2) is 0 Å². The van der Waals surface area contributed by atoms with Gasteiger partial charge in [0.1, 0.15) is 0 Å². The number of morpholine rings is 1. The van der Waals surface area contributed by atoms with Crippen LogP contribution in [-0.2, 0) is 4.74 Å². The predicted octanol–water partition coefficient (Wildman–Crippen LogP) is -0.502. The van der Waals surface area contributed by atoms with E-state index in [2.05, 4.69) is 15.0 Å². The second kappa shape index (κ2) is 6.67. The van der Waals surface area contributed by atoms with Crippen molar-refractivity contribution in [2.24, 2.45) is 0 Å². The van der Waals surface area contributed by atoms with Gasteiger partial charge in [-0.05, 0) is 13.3 Å². The number of aliphatic hydroxyl groups is 1. The lowest BCUT2D eigenvalue weighted by Crippen LogP contribution is -2.38. The average molecular weight is 282 g/mol. The highest BCUT2D eigenvalue weighted by Gasteiger charge is 2.17. The first-order valence-corrected chi connectivity index (χ1v) is 6.79. The van der Waals surface area contributed by atoms with Crippen LogP contribution in [0, 0.1) is 0 Å². The second-order valence-electron chi connectivity index (χ2n) is 4.95. The Labute approximate surface area is 118 Å². The smallest absolute Gasteiger partial charge is 0.232 e. The molecule has 8 heteroatoms. The van der Waals surface area contributed by atoms with Crippen LogP contribution in [-0.4, -0.2) is 66.1 Å². The van der Waals surface area contributed by atoms with Gasteiger partial charge in [-0.1, -0.05) is 0 Å². The molecule has 3 N–H and O–H groups in total. The summed E-state index contributed by atoms with van der Waals surface area (Å²) in [5.41, 5.74) is 5.76. The molecule has 0 saturated carbocycles. The molecule has 0 spiro atoms. The molecule has 1 aromatic rings. The Morgan fingerprint density at radius 1 is 1.35 bits per heavy atom. The van der Waals surface area contributed by atoms with Gasteiger partial charge in [0, 0.05) is 26.7 Å². The number of aromatic nitrogens is 3. The number of rotatable bonds is 5. The number of nitrogens with zero attached hydrogens (tertiary/aromatic N) is 5. The highest BCUT2D eigenvalue weighted by molar-refractivity contribution is 5.43. The third kappa shape index (κ3) is 3.91. The van der Waals surface area contributed by atoms with Gasteiger partial charge in [0.2, 0.25) is 17.8 Å². The molecule has 1 aromatic heterocycles. The van der Waals surface area contributed by atoms with Gasteiger partial charge in [-0.2, -0.15) is 15.0 Å². The molecule has 0 amide bonds. The minimum atomic E-state index is -0.352. The summed E-state index contributed by atoms with van der Waals surface area (Å²) in [6.07, 6.45) is 0.296. The fourth-order valence-electron chi connectivity index (χ4n) is 1.93. The maximum absolute atomic E-state index is 9.33. The summed E-state index contributed by atoms with van der Waals surface area (Å²) in [7, 11) is 1.88. The molecule has 1 unspecified atom stereocenters. The summed E-state index contributed by atoms with van der Waals surface area (Å²) in [6, 6.07) is 0. The molecule has 0 aliphatic carbocycles. The number of ether oxygens (including phenoxy) is 1. The number of nitrogen functional groups attached to an aromatic ring is 1. The van der Waals surface area contributed by atoms with Crippen LogP contribution >= 0.6 is 0 Å². The topological polar surface area (TPSA) is 101 Å². The van der Waals surface area contributed by atoms with E-state index in [0.29, 0.717) is 38.1 Å². The minimum Gasteiger partial charge on any atom is -0.393 e. The van der Waals surface area contributed by atoms with Crippen LogP contribution in [0.1, 0.15) is 13.3 Å². The molecular weight excluding hydrogens is 260 g/mol. The molecule has 8 nitrogen and oxygen atoms in total.